The first kappa shape index (κ1) is 23.9. The van der Waals surface area contributed by atoms with E-state index in [0.29, 0.717) is 6.42 Å². The van der Waals surface area contributed by atoms with E-state index >= 15 is 0 Å². The molecular weight excluding hydrogens is 448 g/mol. The minimum Gasteiger partial charge on any atom is -0.391 e. The second kappa shape index (κ2) is 10.4. The summed E-state index contributed by atoms with van der Waals surface area (Å²) in [7, 11) is 0. The van der Waals surface area contributed by atoms with Gasteiger partial charge < -0.3 is 5.11 Å². The monoisotopic (exact) mass is 478 g/mol. The normalized spacial score (nSPS) is 17.1. The molecule has 182 valence electrons. The number of nitro groups is 1. The highest BCUT2D eigenvalue weighted by Crippen LogP contribution is 2.46. The van der Waals surface area contributed by atoms with Crippen molar-refractivity contribution >= 4 is 5.69 Å². The Kier molecular flexibility index (Phi) is 6.94. The highest BCUT2D eigenvalue weighted by atomic mass is 16.6. The Bertz CT molecular complexity index is 1180. The van der Waals surface area contributed by atoms with Gasteiger partial charge in [-0.05, 0) is 41.5 Å². The number of aliphatic hydroxyl groups is 1. The van der Waals surface area contributed by atoms with Gasteiger partial charge in [0.1, 0.15) is 0 Å². The summed E-state index contributed by atoms with van der Waals surface area (Å²) >= 11 is 0. The average Bonchev–Trinajstić information content (AvgIpc) is 3.42. The molecule has 0 spiro atoms. The van der Waals surface area contributed by atoms with Gasteiger partial charge in [0.15, 0.2) is 0 Å². The molecule has 0 bridgehead atoms. The van der Waals surface area contributed by atoms with Crippen LogP contribution in [0.15, 0.2) is 115 Å². The highest BCUT2D eigenvalue weighted by molar-refractivity contribution is 5.50. The number of hydrogen-bond acceptors (Lipinski definition) is 4. The lowest BCUT2D eigenvalue weighted by Crippen LogP contribution is -2.54. The summed E-state index contributed by atoms with van der Waals surface area (Å²) in [6.07, 6.45) is 1.68. The molecule has 1 aliphatic heterocycles. The van der Waals surface area contributed by atoms with Gasteiger partial charge in [0.2, 0.25) is 0 Å². The van der Waals surface area contributed by atoms with Gasteiger partial charge in [0, 0.05) is 24.7 Å². The maximum Gasteiger partial charge on any atom is 0.269 e. The van der Waals surface area contributed by atoms with Crippen molar-refractivity contribution < 1.29 is 10.0 Å². The van der Waals surface area contributed by atoms with Crippen LogP contribution in [0.25, 0.3) is 0 Å². The van der Waals surface area contributed by atoms with E-state index in [1.165, 1.54) is 12.1 Å². The van der Waals surface area contributed by atoms with E-state index in [1.54, 1.807) is 12.1 Å². The third kappa shape index (κ3) is 4.43. The van der Waals surface area contributed by atoms with E-state index < -0.39 is 16.6 Å². The fraction of sp³-hybridized carbons (Fsp3) is 0.226. The van der Waals surface area contributed by atoms with Crippen LogP contribution in [-0.4, -0.2) is 33.6 Å². The average molecular weight is 479 g/mol. The molecule has 1 saturated heterocycles. The standard InChI is InChI=1S/C31H30N2O3/c34-30(23-24-18-20-28(21-19-24)33(35)36)29-17-10-22-32(29)31(25-11-4-1-5-12-25,26-13-6-2-7-14-26)27-15-8-3-9-16-27/h1-9,11-16,18-21,29-30,34H,10,17,22-23H2/t29-,30?/m1/s1. The van der Waals surface area contributed by atoms with Crippen molar-refractivity contribution in [1.29, 1.82) is 0 Å². The van der Waals surface area contributed by atoms with E-state index in [9.17, 15) is 15.2 Å². The number of nitro benzene ring substituents is 1. The van der Waals surface area contributed by atoms with Gasteiger partial charge >= 0.3 is 0 Å². The Morgan fingerprint density at radius 2 is 1.28 bits per heavy atom. The van der Waals surface area contributed by atoms with E-state index in [4.69, 9.17) is 0 Å². The summed E-state index contributed by atoms with van der Waals surface area (Å²) in [5.74, 6) is 0. The number of rotatable bonds is 8. The number of aliphatic hydroxyl groups excluding tert-OH is 1. The van der Waals surface area contributed by atoms with Crippen molar-refractivity contribution in [2.75, 3.05) is 6.54 Å². The van der Waals surface area contributed by atoms with Gasteiger partial charge in [-0.25, -0.2) is 0 Å². The quantitative estimate of drug-likeness (QED) is 0.193. The van der Waals surface area contributed by atoms with E-state index in [0.717, 1.165) is 41.6 Å². The molecule has 5 heteroatoms. The zero-order valence-corrected chi connectivity index (χ0v) is 20.1. The maximum absolute atomic E-state index is 11.6. The smallest absolute Gasteiger partial charge is 0.269 e. The van der Waals surface area contributed by atoms with Crippen LogP contribution in [0.5, 0.6) is 0 Å². The van der Waals surface area contributed by atoms with Gasteiger partial charge in [-0.1, -0.05) is 103 Å². The molecule has 2 atom stereocenters. The molecule has 0 aromatic heterocycles. The first-order chi connectivity index (χ1) is 17.6. The van der Waals surface area contributed by atoms with Crippen molar-refractivity contribution in [2.24, 2.45) is 0 Å². The summed E-state index contributed by atoms with van der Waals surface area (Å²) in [6.45, 7) is 0.848. The largest absolute Gasteiger partial charge is 0.391 e. The molecule has 1 unspecified atom stereocenters. The molecule has 0 amide bonds. The Morgan fingerprint density at radius 1 is 0.806 bits per heavy atom. The number of likely N-dealkylation sites (tertiary alicyclic amines) is 1. The molecule has 4 aromatic rings. The fourth-order valence-electron chi connectivity index (χ4n) is 5.78. The molecule has 1 aliphatic rings. The number of non-ortho nitro benzene ring substituents is 1. The molecule has 1 heterocycles. The number of hydrogen-bond donors (Lipinski definition) is 1. The summed E-state index contributed by atoms with van der Waals surface area (Å²) < 4.78 is 0. The van der Waals surface area contributed by atoms with Gasteiger partial charge in [-0.2, -0.15) is 0 Å². The Hall–Kier alpha value is -3.80. The molecule has 5 nitrogen and oxygen atoms in total. The van der Waals surface area contributed by atoms with Crippen molar-refractivity contribution in [2.45, 2.75) is 36.9 Å². The van der Waals surface area contributed by atoms with Crippen LogP contribution in [0, 0.1) is 10.1 Å². The minimum absolute atomic E-state index is 0.0620. The molecule has 4 aromatic carbocycles. The van der Waals surface area contributed by atoms with Crippen LogP contribution in [0.2, 0.25) is 0 Å². The van der Waals surface area contributed by atoms with Gasteiger partial charge in [-0.3, -0.25) is 15.0 Å². The first-order valence-corrected chi connectivity index (χ1v) is 12.5. The van der Waals surface area contributed by atoms with E-state index in [2.05, 4.69) is 77.7 Å². The van der Waals surface area contributed by atoms with Crippen LogP contribution in [0.1, 0.15) is 35.1 Å². The highest BCUT2D eigenvalue weighted by Gasteiger charge is 2.48. The molecule has 0 radical (unpaired) electrons. The molecule has 5 rings (SSSR count). The molecule has 0 aliphatic carbocycles. The van der Waals surface area contributed by atoms with Crippen LogP contribution in [0.3, 0.4) is 0 Å². The van der Waals surface area contributed by atoms with E-state index in [1.807, 2.05) is 18.2 Å². The summed E-state index contributed by atoms with van der Waals surface area (Å²) in [6, 6.07) is 38.1. The van der Waals surface area contributed by atoms with Crippen LogP contribution < -0.4 is 0 Å². The van der Waals surface area contributed by atoms with Crippen LogP contribution in [0.4, 0.5) is 5.69 Å². The predicted octanol–water partition coefficient (Wildman–Crippen LogP) is 5.95. The summed E-state index contributed by atoms with van der Waals surface area (Å²) in [4.78, 5) is 13.1. The topological polar surface area (TPSA) is 66.6 Å². The van der Waals surface area contributed by atoms with Crippen LogP contribution >= 0.6 is 0 Å². The third-order valence-corrected chi connectivity index (χ3v) is 7.34. The second-order valence-corrected chi connectivity index (χ2v) is 9.41. The predicted molar refractivity (Wildman–Crippen MR) is 142 cm³/mol. The number of nitrogens with zero attached hydrogens (tertiary/aromatic N) is 2. The lowest BCUT2D eigenvalue weighted by atomic mass is 9.74. The van der Waals surface area contributed by atoms with Crippen molar-refractivity contribution in [3.8, 4) is 0 Å². The second-order valence-electron chi connectivity index (χ2n) is 9.41. The molecule has 1 N–H and O–H groups in total. The van der Waals surface area contributed by atoms with E-state index in [-0.39, 0.29) is 11.7 Å². The zero-order valence-electron chi connectivity index (χ0n) is 20.1. The Morgan fingerprint density at radius 3 is 1.72 bits per heavy atom. The van der Waals surface area contributed by atoms with Crippen LogP contribution in [-0.2, 0) is 12.0 Å². The lowest BCUT2D eigenvalue weighted by Gasteiger charge is -2.47. The Balaban J connectivity index is 1.60. The van der Waals surface area contributed by atoms with Crippen molar-refractivity contribution in [3.05, 3.63) is 148 Å². The van der Waals surface area contributed by atoms with Crippen molar-refractivity contribution in [3.63, 3.8) is 0 Å². The lowest BCUT2D eigenvalue weighted by molar-refractivity contribution is -0.384. The molecule has 1 fully saturated rings. The summed E-state index contributed by atoms with van der Waals surface area (Å²) in [5.41, 5.74) is 3.88. The number of benzene rings is 4. The van der Waals surface area contributed by atoms with Crippen molar-refractivity contribution in [1.82, 2.24) is 4.90 Å². The maximum atomic E-state index is 11.6. The third-order valence-electron chi connectivity index (χ3n) is 7.34. The molecule has 0 saturated carbocycles. The molecule has 36 heavy (non-hydrogen) atoms. The summed E-state index contributed by atoms with van der Waals surface area (Å²) in [5, 5.41) is 22.6. The SMILES string of the molecule is O=[N+]([O-])c1ccc(CC(O)[C@H]2CCCN2C(c2ccccc2)(c2ccccc2)c2ccccc2)cc1. The fourth-order valence-corrected chi connectivity index (χ4v) is 5.78. The van der Waals surface area contributed by atoms with Gasteiger partial charge in [0.25, 0.3) is 5.69 Å². The van der Waals surface area contributed by atoms with Gasteiger partial charge in [0.05, 0.1) is 16.6 Å². The van der Waals surface area contributed by atoms with Gasteiger partial charge in [-0.15, -0.1) is 0 Å². The Labute approximate surface area is 211 Å². The first-order valence-electron chi connectivity index (χ1n) is 12.5. The zero-order chi connectivity index (χ0) is 25.0. The minimum atomic E-state index is -0.621. The molecular formula is C31H30N2O3.